The molecular weight excluding hydrogens is 320 g/mol. The van der Waals surface area contributed by atoms with Crippen LogP contribution in [0.4, 0.5) is 0 Å². The van der Waals surface area contributed by atoms with Gasteiger partial charge in [-0.25, -0.2) is 4.98 Å². The molecule has 0 aliphatic carbocycles. The second-order valence-corrected chi connectivity index (χ2v) is 6.11. The van der Waals surface area contributed by atoms with Gasteiger partial charge in [-0.1, -0.05) is 18.1 Å². The molecule has 1 fully saturated rings. The zero-order valence-corrected chi connectivity index (χ0v) is 14.7. The van der Waals surface area contributed by atoms with Crippen LogP contribution >= 0.6 is 0 Å². The lowest BCUT2D eigenvalue weighted by atomic mass is 10.1. The van der Waals surface area contributed by atoms with Crippen LogP contribution < -0.4 is 5.73 Å². The maximum Gasteiger partial charge on any atom is 0.224 e. The summed E-state index contributed by atoms with van der Waals surface area (Å²) in [6.07, 6.45) is 0.879. The Kier molecular flexibility index (Phi) is 5.45. The van der Waals surface area contributed by atoms with Crippen molar-refractivity contribution in [3.05, 3.63) is 35.3 Å². The van der Waals surface area contributed by atoms with Crippen molar-refractivity contribution in [2.45, 2.75) is 32.8 Å². The fourth-order valence-corrected chi connectivity index (χ4v) is 3.09. The third kappa shape index (κ3) is 3.72. The van der Waals surface area contributed by atoms with E-state index in [-0.39, 0.29) is 12.0 Å². The number of hydrogen-bond acceptors (Lipinski definition) is 6. The molecule has 7 heteroatoms. The van der Waals surface area contributed by atoms with Crippen LogP contribution in [0.25, 0.3) is 11.3 Å². The molecule has 25 heavy (non-hydrogen) atoms. The van der Waals surface area contributed by atoms with E-state index in [0.29, 0.717) is 32.7 Å². The molecule has 7 nitrogen and oxygen atoms in total. The van der Waals surface area contributed by atoms with Crippen molar-refractivity contribution < 1.29 is 14.1 Å². The highest BCUT2D eigenvalue weighted by molar-refractivity contribution is 5.76. The molecule has 1 atom stereocenters. The molecule has 2 aromatic heterocycles. The highest BCUT2D eigenvalue weighted by Crippen LogP contribution is 2.28. The van der Waals surface area contributed by atoms with Crippen molar-refractivity contribution >= 4 is 5.91 Å². The van der Waals surface area contributed by atoms with Crippen LogP contribution in [0.15, 0.2) is 22.7 Å². The zero-order chi connectivity index (χ0) is 17.8. The molecule has 134 valence electrons. The van der Waals surface area contributed by atoms with Gasteiger partial charge >= 0.3 is 0 Å². The fourth-order valence-electron chi connectivity index (χ4n) is 3.09. The summed E-state index contributed by atoms with van der Waals surface area (Å²) in [7, 11) is 0. The maximum atomic E-state index is 12.1. The number of carbonyl (C=O) groups excluding carboxylic acids is 1. The molecule has 2 N–H and O–H groups in total. The number of aryl methyl sites for hydroxylation is 2. The van der Waals surface area contributed by atoms with Gasteiger partial charge in [0.15, 0.2) is 0 Å². The van der Waals surface area contributed by atoms with Crippen molar-refractivity contribution in [1.82, 2.24) is 15.0 Å². The maximum absolute atomic E-state index is 12.1. The topological polar surface area (TPSA) is 94.5 Å². The average molecular weight is 344 g/mol. The van der Waals surface area contributed by atoms with Gasteiger partial charge in [-0.2, -0.15) is 0 Å². The normalized spacial score (nSPS) is 17.7. The van der Waals surface area contributed by atoms with Gasteiger partial charge in [0.05, 0.1) is 35.8 Å². The summed E-state index contributed by atoms with van der Waals surface area (Å²) in [6.45, 7) is 5.90. The van der Waals surface area contributed by atoms with E-state index in [4.69, 9.17) is 20.0 Å². The van der Waals surface area contributed by atoms with Crippen molar-refractivity contribution in [3.8, 4) is 11.3 Å². The van der Waals surface area contributed by atoms with Crippen molar-refractivity contribution in [2.24, 2.45) is 5.73 Å². The Morgan fingerprint density at radius 1 is 1.44 bits per heavy atom. The van der Waals surface area contributed by atoms with Gasteiger partial charge in [0.2, 0.25) is 5.91 Å². The van der Waals surface area contributed by atoms with Crippen LogP contribution in [0, 0.1) is 6.92 Å². The average Bonchev–Trinajstić information content (AvgIpc) is 3.03. The highest BCUT2D eigenvalue weighted by Gasteiger charge is 2.26. The monoisotopic (exact) mass is 344 g/mol. The lowest BCUT2D eigenvalue weighted by Gasteiger charge is -2.32. The summed E-state index contributed by atoms with van der Waals surface area (Å²) in [5, 5.41) is 4.05. The number of aromatic nitrogens is 2. The third-order valence-electron chi connectivity index (χ3n) is 4.39. The van der Waals surface area contributed by atoms with Gasteiger partial charge in [-0.15, -0.1) is 0 Å². The minimum absolute atomic E-state index is 0.0649. The molecule has 0 radical (unpaired) electrons. The molecule has 0 bridgehead atoms. The lowest BCUT2D eigenvalue weighted by molar-refractivity contribution is -0.138. The number of rotatable bonds is 5. The first kappa shape index (κ1) is 17.6. The van der Waals surface area contributed by atoms with Crippen molar-refractivity contribution in [2.75, 3.05) is 26.2 Å². The number of ether oxygens (including phenoxy) is 1. The number of nitrogens with two attached hydrogens (primary N) is 1. The largest absolute Gasteiger partial charge is 0.368 e. The van der Waals surface area contributed by atoms with E-state index in [1.54, 1.807) is 4.90 Å². The molecule has 1 aliphatic heterocycles. The SMILES string of the molecule is CCc1onc(C)c1-c1cccc([C@H]2CN(C(=O)CCN)CCO2)n1. The Morgan fingerprint density at radius 2 is 2.28 bits per heavy atom. The second-order valence-electron chi connectivity index (χ2n) is 6.11. The van der Waals surface area contributed by atoms with E-state index in [0.717, 1.165) is 34.8 Å². The van der Waals surface area contributed by atoms with E-state index in [9.17, 15) is 4.79 Å². The molecule has 3 heterocycles. The Balaban J connectivity index is 1.84. The Labute approximate surface area is 147 Å². The molecule has 0 unspecified atom stereocenters. The van der Waals surface area contributed by atoms with Crippen molar-refractivity contribution in [3.63, 3.8) is 0 Å². The zero-order valence-electron chi connectivity index (χ0n) is 14.7. The van der Waals surface area contributed by atoms with E-state index >= 15 is 0 Å². The minimum Gasteiger partial charge on any atom is -0.368 e. The first-order valence-corrected chi connectivity index (χ1v) is 8.66. The molecule has 0 saturated carbocycles. The Morgan fingerprint density at radius 3 is 3.04 bits per heavy atom. The van der Waals surface area contributed by atoms with Gasteiger partial charge in [-0.3, -0.25) is 4.79 Å². The number of amides is 1. The minimum atomic E-state index is -0.235. The van der Waals surface area contributed by atoms with Crippen LogP contribution in [0.2, 0.25) is 0 Å². The summed E-state index contributed by atoms with van der Waals surface area (Å²) in [5.41, 5.74) is 8.89. The smallest absolute Gasteiger partial charge is 0.224 e. The summed E-state index contributed by atoms with van der Waals surface area (Å²) in [5.74, 6) is 0.890. The molecule has 3 rings (SSSR count). The molecule has 0 aromatic carbocycles. The number of pyridine rings is 1. The summed E-state index contributed by atoms with van der Waals surface area (Å²) in [4.78, 5) is 18.7. The summed E-state index contributed by atoms with van der Waals surface area (Å²) < 4.78 is 11.2. The van der Waals surface area contributed by atoms with E-state index in [2.05, 4.69) is 5.16 Å². The summed E-state index contributed by atoms with van der Waals surface area (Å²) in [6, 6.07) is 5.83. The first-order valence-electron chi connectivity index (χ1n) is 8.66. The Bertz CT molecular complexity index is 744. The van der Waals surface area contributed by atoms with Gasteiger partial charge < -0.3 is 19.9 Å². The van der Waals surface area contributed by atoms with Gasteiger partial charge in [-0.05, 0) is 19.1 Å². The van der Waals surface area contributed by atoms with Crippen LogP contribution in [0.1, 0.15) is 36.6 Å². The van der Waals surface area contributed by atoms with E-state index in [1.807, 2.05) is 32.0 Å². The van der Waals surface area contributed by atoms with Gasteiger partial charge in [0.1, 0.15) is 11.9 Å². The van der Waals surface area contributed by atoms with E-state index in [1.165, 1.54) is 0 Å². The number of hydrogen-bond donors (Lipinski definition) is 1. The quantitative estimate of drug-likeness (QED) is 0.889. The number of carbonyl (C=O) groups is 1. The Hall–Kier alpha value is -2.25. The van der Waals surface area contributed by atoms with Crippen LogP contribution in [0.5, 0.6) is 0 Å². The predicted octanol–water partition coefficient (Wildman–Crippen LogP) is 1.86. The van der Waals surface area contributed by atoms with Gasteiger partial charge in [0.25, 0.3) is 0 Å². The van der Waals surface area contributed by atoms with Crippen LogP contribution in [0.3, 0.4) is 0 Å². The lowest BCUT2D eigenvalue weighted by Crippen LogP contribution is -2.43. The fraction of sp³-hybridized carbons (Fsp3) is 0.500. The number of nitrogens with zero attached hydrogens (tertiary/aromatic N) is 3. The molecular formula is C18H24N4O3. The van der Waals surface area contributed by atoms with Gasteiger partial charge in [0, 0.05) is 25.9 Å². The molecule has 2 aromatic rings. The molecule has 1 amide bonds. The predicted molar refractivity (Wildman–Crippen MR) is 92.8 cm³/mol. The highest BCUT2D eigenvalue weighted by atomic mass is 16.5. The van der Waals surface area contributed by atoms with Crippen LogP contribution in [-0.2, 0) is 16.0 Å². The van der Waals surface area contributed by atoms with E-state index < -0.39 is 0 Å². The second kappa shape index (κ2) is 7.76. The standard InChI is InChI=1S/C18H24N4O3/c1-3-15-18(12(2)21-25-15)14-6-4-5-13(20-14)16-11-22(9-10-24-16)17(23)7-8-19/h4-6,16H,3,7-11,19H2,1-2H3/t16-/m1/s1. The first-order chi connectivity index (χ1) is 12.1. The third-order valence-corrected chi connectivity index (χ3v) is 4.39. The van der Waals surface area contributed by atoms with Crippen LogP contribution in [-0.4, -0.2) is 47.2 Å². The molecule has 0 spiro atoms. The molecule has 1 saturated heterocycles. The number of morpholine rings is 1. The summed E-state index contributed by atoms with van der Waals surface area (Å²) >= 11 is 0. The molecule has 1 aliphatic rings. The van der Waals surface area contributed by atoms with Crippen molar-refractivity contribution in [1.29, 1.82) is 0 Å².